The van der Waals surface area contributed by atoms with E-state index in [0.29, 0.717) is 0 Å². The van der Waals surface area contributed by atoms with Crippen LogP contribution in [0.5, 0.6) is 0 Å². The monoisotopic (exact) mass is 209 g/mol. The quantitative estimate of drug-likeness (QED) is 0.744. The number of hydrogen-bond donors (Lipinski definition) is 1. The summed E-state index contributed by atoms with van der Waals surface area (Å²) >= 11 is 0. The molecule has 0 bridgehead atoms. The standard InChI is InChI=1S/C11H19N3O/c1-4-10(12)11(14(2)15-3)9-6-5-7-13-8-9/h5-8,10-11H,4,12H2,1-3H3. The third kappa shape index (κ3) is 2.99. The molecule has 2 atom stereocenters. The molecule has 0 spiro atoms. The van der Waals surface area contributed by atoms with Crippen molar-refractivity contribution in [2.45, 2.75) is 25.4 Å². The lowest BCUT2D eigenvalue weighted by atomic mass is 10.00. The van der Waals surface area contributed by atoms with E-state index in [2.05, 4.69) is 11.9 Å². The Bertz CT molecular complexity index is 268. The van der Waals surface area contributed by atoms with Crippen LogP contribution in [0.1, 0.15) is 24.9 Å². The highest BCUT2D eigenvalue weighted by atomic mass is 16.7. The van der Waals surface area contributed by atoms with Gasteiger partial charge in [0, 0.05) is 25.5 Å². The third-order valence-corrected chi connectivity index (χ3v) is 2.58. The van der Waals surface area contributed by atoms with Crippen molar-refractivity contribution in [1.29, 1.82) is 0 Å². The van der Waals surface area contributed by atoms with Gasteiger partial charge in [0.25, 0.3) is 0 Å². The number of aromatic nitrogens is 1. The molecule has 1 aromatic heterocycles. The van der Waals surface area contributed by atoms with Gasteiger partial charge < -0.3 is 10.6 Å². The van der Waals surface area contributed by atoms with E-state index in [1.807, 2.05) is 25.4 Å². The molecule has 0 saturated heterocycles. The number of hydroxylamine groups is 2. The highest BCUT2D eigenvalue weighted by Gasteiger charge is 2.23. The molecule has 1 rings (SSSR count). The van der Waals surface area contributed by atoms with Gasteiger partial charge in [-0.05, 0) is 18.1 Å². The van der Waals surface area contributed by atoms with Crippen LogP contribution in [0.4, 0.5) is 0 Å². The summed E-state index contributed by atoms with van der Waals surface area (Å²) in [6.45, 7) is 2.07. The van der Waals surface area contributed by atoms with Crippen molar-refractivity contribution in [2.24, 2.45) is 5.73 Å². The second-order valence-electron chi connectivity index (χ2n) is 3.53. The van der Waals surface area contributed by atoms with E-state index in [-0.39, 0.29) is 12.1 Å². The van der Waals surface area contributed by atoms with Crippen LogP contribution in [0.15, 0.2) is 24.5 Å². The number of likely N-dealkylation sites (N-methyl/N-ethyl adjacent to an activating group) is 1. The maximum Gasteiger partial charge on any atom is 0.0764 e. The van der Waals surface area contributed by atoms with E-state index in [4.69, 9.17) is 10.6 Å². The molecule has 1 aromatic rings. The Hall–Kier alpha value is -0.970. The van der Waals surface area contributed by atoms with Crippen molar-refractivity contribution in [3.8, 4) is 0 Å². The Morgan fingerprint density at radius 3 is 2.80 bits per heavy atom. The Kier molecular flexibility index (Phi) is 4.68. The number of rotatable bonds is 5. The van der Waals surface area contributed by atoms with Crippen molar-refractivity contribution in [3.63, 3.8) is 0 Å². The first-order valence-corrected chi connectivity index (χ1v) is 5.13. The number of pyridine rings is 1. The summed E-state index contributed by atoms with van der Waals surface area (Å²) in [5.74, 6) is 0. The Balaban J connectivity index is 2.91. The summed E-state index contributed by atoms with van der Waals surface area (Å²) in [6, 6.07) is 4.02. The molecule has 0 fully saturated rings. The predicted octanol–water partition coefficient (Wildman–Crippen LogP) is 1.35. The average Bonchev–Trinajstić information content (AvgIpc) is 2.30. The fraction of sp³-hybridized carbons (Fsp3) is 0.545. The molecule has 1 heterocycles. The smallest absolute Gasteiger partial charge is 0.0764 e. The summed E-state index contributed by atoms with van der Waals surface area (Å²) in [7, 11) is 3.53. The lowest BCUT2D eigenvalue weighted by Crippen LogP contribution is -2.38. The van der Waals surface area contributed by atoms with Crippen LogP contribution < -0.4 is 5.73 Å². The summed E-state index contributed by atoms with van der Waals surface area (Å²) < 4.78 is 0. The van der Waals surface area contributed by atoms with Crippen molar-refractivity contribution in [2.75, 3.05) is 14.2 Å². The Morgan fingerprint density at radius 2 is 2.33 bits per heavy atom. The SMILES string of the molecule is CCC(N)C(c1cccnc1)N(C)OC. The van der Waals surface area contributed by atoms with Crippen molar-refractivity contribution in [3.05, 3.63) is 30.1 Å². The van der Waals surface area contributed by atoms with Gasteiger partial charge in [0.1, 0.15) is 0 Å². The first-order valence-electron chi connectivity index (χ1n) is 5.13. The van der Waals surface area contributed by atoms with Crippen LogP contribution >= 0.6 is 0 Å². The minimum absolute atomic E-state index is 0.0409. The lowest BCUT2D eigenvalue weighted by molar-refractivity contribution is -0.148. The molecule has 2 N–H and O–H groups in total. The number of nitrogens with zero attached hydrogens (tertiary/aromatic N) is 2. The lowest BCUT2D eigenvalue weighted by Gasteiger charge is -2.30. The molecule has 4 heteroatoms. The molecular weight excluding hydrogens is 190 g/mol. The molecule has 0 aromatic carbocycles. The van der Waals surface area contributed by atoms with E-state index >= 15 is 0 Å². The second-order valence-corrected chi connectivity index (χ2v) is 3.53. The third-order valence-electron chi connectivity index (χ3n) is 2.58. The van der Waals surface area contributed by atoms with Crippen molar-refractivity contribution in [1.82, 2.24) is 10.0 Å². The summed E-state index contributed by atoms with van der Waals surface area (Å²) in [5.41, 5.74) is 7.16. The molecule has 4 nitrogen and oxygen atoms in total. The van der Waals surface area contributed by atoms with Gasteiger partial charge in [-0.2, -0.15) is 5.06 Å². The van der Waals surface area contributed by atoms with Crippen LogP contribution in [-0.2, 0) is 4.84 Å². The van der Waals surface area contributed by atoms with Gasteiger partial charge in [0.2, 0.25) is 0 Å². The normalized spacial score (nSPS) is 15.3. The average molecular weight is 209 g/mol. The molecule has 0 aliphatic heterocycles. The number of nitrogens with two attached hydrogens (primary N) is 1. The van der Waals surface area contributed by atoms with Gasteiger partial charge in [-0.3, -0.25) is 4.98 Å². The number of hydrogen-bond acceptors (Lipinski definition) is 4. The van der Waals surface area contributed by atoms with Crippen LogP contribution in [0, 0.1) is 0 Å². The molecule has 84 valence electrons. The van der Waals surface area contributed by atoms with Gasteiger partial charge in [-0.25, -0.2) is 0 Å². The first kappa shape index (κ1) is 12.1. The van der Waals surface area contributed by atoms with Crippen LogP contribution in [-0.4, -0.2) is 30.2 Å². The zero-order chi connectivity index (χ0) is 11.3. The molecule has 0 saturated carbocycles. The van der Waals surface area contributed by atoms with Crippen LogP contribution in [0.25, 0.3) is 0 Å². The van der Waals surface area contributed by atoms with Gasteiger partial charge in [0.05, 0.1) is 13.2 Å². The van der Waals surface area contributed by atoms with E-state index < -0.39 is 0 Å². The van der Waals surface area contributed by atoms with Crippen LogP contribution in [0.3, 0.4) is 0 Å². The van der Waals surface area contributed by atoms with Gasteiger partial charge in [-0.1, -0.05) is 13.0 Å². The van der Waals surface area contributed by atoms with Gasteiger partial charge >= 0.3 is 0 Å². The maximum atomic E-state index is 6.08. The first-order chi connectivity index (χ1) is 7.20. The van der Waals surface area contributed by atoms with E-state index in [1.165, 1.54) is 0 Å². The molecular formula is C11H19N3O. The van der Waals surface area contributed by atoms with Crippen molar-refractivity contribution >= 4 is 0 Å². The molecule has 0 amide bonds. The largest absolute Gasteiger partial charge is 0.326 e. The second kappa shape index (κ2) is 5.80. The van der Waals surface area contributed by atoms with E-state index in [1.54, 1.807) is 18.4 Å². The molecule has 0 aliphatic carbocycles. The summed E-state index contributed by atoms with van der Waals surface area (Å²) in [4.78, 5) is 9.32. The van der Waals surface area contributed by atoms with Crippen LogP contribution in [0.2, 0.25) is 0 Å². The fourth-order valence-corrected chi connectivity index (χ4v) is 1.61. The minimum atomic E-state index is 0.0409. The Morgan fingerprint density at radius 1 is 1.60 bits per heavy atom. The molecule has 0 radical (unpaired) electrons. The Labute approximate surface area is 91.0 Å². The van der Waals surface area contributed by atoms with Gasteiger partial charge in [-0.15, -0.1) is 0 Å². The predicted molar refractivity (Wildman–Crippen MR) is 60.0 cm³/mol. The molecule has 2 unspecified atom stereocenters. The molecule has 0 aliphatic rings. The maximum absolute atomic E-state index is 6.08. The zero-order valence-electron chi connectivity index (χ0n) is 9.55. The van der Waals surface area contributed by atoms with E-state index in [9.17, 15) is 0 Å². The highest BCUT2D eigenvalue weighted by Crippen LogP contribution is 2.22. The zero-order valence-corrected chi connectivity index (χ0v) is 9.55. The van der Waals surface area contributed by atoms with E-state index in [0.717, 1.165) is 12.0 Å². The van der Waals surface area contributed by atoms with Gasteiger partial charge in [0.15, 0.2) is 0 Å². The summed E-state index contributed by atoms with van der Waals surface area (Å²) in [5, 5.41) is 1.77. The molecule has 15 heavy (non-hydrogen) atoms. The minimum Gasteiger partial charge on any atom is -0.326 e. The highest BCUT2D eigenvalue weighted by molar-refractivity contribution is 5.15. The van der Waals surface area contributed by atoms with Crippen molar-refractivity contribution < 1.29 is 4.84 Å². The summed E-state index contributed by atoms with van der Waals surface area (Å²) in [6.07, 6.45) is 4.48. The fourth-order valence-electron chi connectivity index (χ4n) is 1.61. The topological polar surface area (TPSA) is 51.4 Å².